The van der Waals surface area contributed by atoms with Crippen LogP contribution in [0.1, 0.15) is 235 Å². The molecule has 0 radical (unpaired) electrons. The lowest BCUT2D eigenvalue weighted by Crippen LogP contribution is -2.59. The van der Waals surface area contributed by atoms with Crippen LogP contribution in [-0.2, 0) is 43.3 Å². The Labute approximate surface area is 809 Å². The van der Waals surface area contributed by atoms with Crippen molar-refractivity contribution in [1.82, 2.24) is 8.96 Å². The molecule has 2 saturated carbocycles. The predicted octanol–water partition coefficient (Wildman–Crippen LogP) is 31.5. The predicted molar refractivity (Wildman–Crippen MR) is 582 cm³/mol. The maximum atomic E-state index is 2.88. The lowest BCUT2D eigenvalue weighted by molar-refractivity contribution is 0.0533. The third-order valence-corrected chi connectivity index (χ3v) is 34.8. The van der Waals surface area contributed by atoms with Gasteiger partial charge in [0.05, 0.1) is 11.1 Å². The van der Waals surface area contributed by atoms with Crippen molar-refractivity contribution in [2.75, 3.05) is 19.6 Å². The zero-order valence-corrected chi connectivity index (χ0v) is 84.1. The minimum atomic E-state index is -0.281. The third kappa shape index (κ3) is 12.5. The summed E-state index contributed by atoms with van der Waals surface area (Å²) in [7, 11) is 0. The summed E-state index contributed by atoms with van der Waals surface area (Å²) in [5, 5.41) is 2.63. The van der Waals surface area contributed by atoms with Crippen LogP contribution in [0.2, 0.25) is 0 Å². The van der Waals surface area contributed by atoms with E-state index in [9.17, 15) is 0 Å². The van der Waals surface area contributed by atoms with Crippen molar-refractivity contribution in [3.8, 4) is 67.0 Å². The van der Waals surface area contributed by atoms with Crippen LogP contribution in [0.3, 0.4) is 0 Å². The molecule has 678 valence electrons. The Bertz CT molecular complexity index is 7620. The largest absolute Gasteiger partial charge is 0.375 e. The summed E-state index contributed by atoms with van der Waals surface area (Å²) >= 11 is 0. The van der Waals surface area contributed by atoms with Gasteiger partial charge in [0.2, 0.25) is 0 Å². The lowest BCUT2D eigenvalue weighted by Gasteiger charge is -2.57. The van der Waals surface area contributed by atoms with E-state index in [0.717, 1.165) is 32.1 Å². The Morgan fingerprint density at radius 3 is 1.11 bits per heavy atom. The van der Waals surface area contributed by atoms with Gasteiger partial charge in [-0.05, 0) is 306 Å². The molecule has 0 N–H and O–H groups in total. The van der Waals surface area contributed by atoms with E-state index in [4.69, 9.17) is 0 Å². The van der Waals surface area contributed by atoms with Crippen LogP contribution in [0.5, 0.6) is 0 Å². The average molecular weight is 1770 g/mol. The first kappa shape index (κ1) is 86.3. The first-order valence-corrected chi connectivity index (χ1v) is 50.7. The summed E-state index contributed by atoms with van der Waals surface area (Å²) in [5.74, 6) is 0.956. The van der Waals surface area contributed by atoms with E-state index in [1.807, 2.05) is 0 Å². The number of hydrogen-bond donors (Lipinski definition) is 0. The Hall–Kier alpha value is -12.5. The molecule has 0 saturated heterocycles. The summed E-state index contributed by atoms with van der Waals surface area (Å²) in [6.45, 7) is 53.4. The number of rotatable bonds is 9. The van der Waals surface area contributed by atoms with Crippen molar-refractivity contribution in [2.24, 2.45) is 11.8 Å². The first-order chi connectivity index (χ1) is 64.7. The molecule has 8 heteroatoms. The number of benzene rings is 14. The normalized spacial score (nSPS) is 20.7. The third-order valence-electron chi connectivity index (χ3n) is 34.8. The molecule has 136 heavy (non-hydrogen) atoms. The minimum Gasteiger partial charge on any atom is -0.375 e. The van der Waals surface area contributed by atoms with Gasteiger partial charge in [-0.25, -0.2) is 0 Å². The summed E-state index contributed by atoms with van der Waals surface area (Å²) in [6, 6.07) is 121. The van der Waals surface area contributed by atoms with Gasteiger partial charge < -0.3 is 28.6 Å². The average Bonchev–Trinajstić information content (AvgIpc) is 1.46. The van der Waals surface area contributed by atoms with E-state index in [0.29, 0.717) is 11.8 Å². The highest BCUT2D eigenvalue weighted by Gasteiger charge is 2.64. The van der Waals surface area contributed by atoms with Gasteiger partial charge in [-0.15, -0.1) is 0 Å². The van der Waals surface area contributed by atoms with Crippen LogP contribution in [0.15, 0.2) is 303 Å². The standard InChI is InChI=1S/C128H130B2N6/c1-119(2,3)85-52-56-91(57-53-85)131-107-50-38-36-48-103(107)129-113-95(68-89(74-109(113)131)123(13,14)15)98-71-88(122(10,11)12)73-100-112(116(136(129)118(98)100)81-43-31-25-32-44-81)82-51-62-106-102(67-82)126(20)78-84(64-66-128(126,22)133(106)93-45-33-26-34-46-93)83-63-65-127(21)125(19,77-83)101-47-35-37-49-105(101)134(127)94-60-61-104-108(76-94)132(92-58-54-86(55-59-92)120(4,5)6)110-75-90(124(16,17)18)69-96-97-70-87(121(7,8)9)72-99-111(79-39-27-23-28-40-79)115(80-41-29-24-30-42-80)135(117(97)99)130(104)114(96)110/h23-62,67-76,83-84H,63-66,77-78H2,1-22H3. The number of para-hydroxylation sites is 3. The van der Waals surface area contributed by atoms with Crippen LogP contribution in [0, 0.1) is 11.8 Å². The van der Waals surface area contributed by atoms with Crippen molar-refractivity contribution in [2.45, 2.75) is 245 Å². The lowest BCUT2D eigenvalue weighted by atomic mass is 9.44. The zero-order chi connectivity index (χ0) is 94.3. The maximum Gasteiger partial charge on any atom is 0.333 e. The fraction of sp³-hybridized carbons (Fsp3) is 0.312. The fourth-order valence-corrected chi connectivity index (χ4v) is 27.0. The first-order valence-electron chi connectivity index (χ1n) is 50.7. The maximum absolute atomic E-state index is 2.88. The smallest absolute Gasteiger partial charge is 0.333 e. The molecule has 0 amide bonds. The van der Waals surface area contributed by atoms with E-state index in [1.54, 1.807) is 0 Å². The highest BCUT2D eigenvalue weighted by Crippen LogP contribution is 2.69. The molecule has 8 aliphatic rings. The van der Waals surface area contributed by atoms with Gasteiger partial charge in [0.1, 0.15) is 0 Å². The SMILES string of the molecule is CC(C)(C)c1ccc(N2c3ccccc3B3c4c(cc(C(C)(C)C)cc42)-c2cc(C(C)(C)C)cc4c(-c5ccc6c(c5)C5(C)CC(C7CCC8(C)N(c9ccc%10c(c9)N(c9ccc(C(C)(C)C)cc9)c9cc(C(C)(C)C)cc%11c9B%10n9c(-c%10ccccc%10)c(-c%10ccccc%10)c%10cc(C(C)(C)C)cc-%11c%109)c9ccccc9C8(C)C7)CCC5(C)N6c5ccccc5)c(-c5ccccc5)n3c24)cc1. The molecule has 2 aromatic heterocycles. The second-order valence-corrected chi connectivity index (χ2v) is 48.9. The summed E-state index contributed by atoms with van der Waals surface area (Å²) in [5.41, 5.74) is 45.3. The number of nitrogens with zero attached hydrogens (tertiary/aromatic N) is 6. The Kier molecular flexibility index (Phi) is 18.7. The van der Waals surface area contributed by atoms with Crippen LogP contribution in [0.4, 0.5) is 56.9 Å². The molecule has 6 unspecified atom stereocenters. The second-order valence-electron chi connectivity index (χ2n) is 48.9. The number of aromatic nitrogens is 2. The molecule has 0 bridgehead atoms. The zero-order valence-electron chi connectivity index (χ0n) is 84.1. The van der Waals surface area contributed by atoms with Gasteiger partial charge in [0.25, 0.3) is 0 Å². The van der Waals surface area contributed by atoms with Gasteiger partial charge in [0.15, 0.2) is 0 Å². The van der Waals surface area contributed by atoms with Gasteiger partial charge in [-0.3, -0.25) is 0 Å². The molecule has 16 aromatic rings. The molecule has 8 heterocycles. The number of hydrogen-bond acceptors (Lipinski definition) is 4. The van der Waals surface area contributed by atoms with Crippen molar-refractivity contribution in [3.05, 3.63) is 348 Å². The van der Waals surface area contributed by atoms with E-state index >= 15 is 0 Å². The Morgan fingerprint density at radius 2 is 0.640 bits per heavy atom. The van der Waals surface area contributed by atoms with Crippen LogP contribution < -0.4 is 41.5 Å². The Balaban J connectivity index is 0.655. The van der Waals surface area contributed by atoms with E-state index in [1.165, 1.54) is 218 Å². The quantitative estimate of drug-likeness (QED) is 0.134. The summed E-state index contributed by atoms with van der Waals surface area (Å²) in [6.07, 6.45) is 6.64. The number of fused-ring (bicyclic) bond motifs is 14. The molecule has 0 spiro atoms. The molecule has 14 aromatic carbocycles. The molecular weight excluding hydrogens is 1640 g/mol. The van der Waals surface area contributed by atoms with E-state index in [2.05, 4.69) is 484 Å². The van der Waals surface area contributed by atoms with Crippen molar-refractivity contribution in [3.63, 3.8) is 0 Å². The molecule has 6 aliphatic heterocycles. The van der Waals surface area contributed by atoms with Gasteiger partial charge >= 0.3 is 13.7 Å². The molecule has 2 fully saturated rings. The molecule has 24 rings (SSSR count). The molecule has 6 nitrogen and oxygen atoms in total. The van der Waals surface area contributed by atoms with Crippen molar-refractivity contribution < 1.29 is 0 Å². The minimum absolute atomic E-state index is 0.0119. The topological polar surface area (TPSA) is 22.8 Å². The summed E-state index contributed by atoms with van der Waals surface area (Å²) in [4.78, 5) is 11.0. The monoisotopic (exact) mass is 1770 g/mol. The second kappa shape index (κ2) is 29.5. The highest BCUT2D eigenvalue weighted by atomic mass is 15.3. The summed E-state index contributed by atoms with van der Waals surface area (Å²) < 4.78 is 5.67. The van der Waals surface area contributed by atoms with Gasteiger partial charge in [-0.1, -0.05) is 333 Å². The molecule has 6 atom stereocenters. The molecule has 2 aliphatic carbocycles. The highest BCUT2D eigenvalue weighted by molar-refractivity contribution is 6.90. The van der Waals surface area contributed by atoms with Gasteiger partial charge in [-0.2, -0.15) is 0 Å². The number of anilines is 10. The van der Waals surface area contributed by atoms with Crippen molar-refractivity contribution >= 4 is 114 Å². The molecular formula is C128H130B2N6. The van der Waals surface area contributed by atoms with Crippen LogP contribution in [0.25, 0.3) is 88.8 Å². The van der Waals surface area contributed by atoms with Crippen molar-refractivity contribution in [1.29, 1.82) is 0 Å². The van der Waals surface area contributed by atoms with Crippen LogP contribution in [-0.4, -0.2) is 33.7 Å². The Morgan fingerprint density at radius 1 is 0.272 bits per heavy atom. The van der Waals surface area contributed by atoms with E-state index < -0.39 is 0 Å². The fourth-order valence-electron chi connectivity index (χ4n) is 27.0. The van der Waals surface area contributed by atoms with Gasteiger partial charge in [0, 0.05) is 123 Å². The van der Waals surface area contributed by atoms with Crippen LogP contribution >= 0.6 is 0 Å². The van der Waals surface area contributed by atoms with E-state index in [-0.39, 0.29) is 68.1 Å².